The molecule has 1 aromatic heterocycles. The standard InChI is InChI=1S/C31H34N4O3.2ClH/c1-37-23-35-26(20-32)19-28-29(35)13-8-14-30(28)38-22-27(36)21-33-15-17-34(18-16-33)31(24-9-4-2-5-10-24)25-11-6-3-7-12-25;;/h2-14,19,27,31,36H,15-18,21-23H2,1H3;2*1H. The van der Waals surface area contributed by atoms with Crippen molar-refractivity contribution in [2.75, 3.05) is 46.4 Å². The normalized spacial score (nSPS) is 17.4. The molecule has 1 saturated heterocycles. The van der Waals surface area contributed by atoms with E-state index in [0.29, 0.717) is 30.8 Å². The lowest BCUT2D eigenvalue weighted by Gasteiger charge is -2.35. The molecule has 1 atom stereocenters. The maximum absolute atomic E-state index is 10.8. The zero-order chi connectivity index (χ0) is 26.3. The number of methoxy groups -OCH3 is 1. The van der Waals surface area contributed by atoms with Crippen molar-refractivity contribution in [1.82, 2.24) is 4.57 Å². The van der Waals surface area contributed by atoms with E-state index in [1.54, 1.807) is 12.0 Å². The molecule has 9 heteroatoms. The molecule has 0 bridgehead atoms. The number of nitriles is 1. The van der Waals surface area contributed by atoms with Crippen LogP contribution in [0.15, 0.2) is 84.9 Å². The molecule has 0 saturated carbocycles. The summed E-state index contributed by atoms with van der Waals surface area (Å²) in [5, 5.41) is 21.2. The van der Waals surface area contributed by atoms with Crippen molar-refractivity contribution >= 4 is 10.9 Å². The summed E-state index contributed by atoms with van der Waals surface area (Å²) in [7, 11) is 1.61. The Morgan fingerprint density at radius 1 is 0.900 bits per heavy atom. The summed E-state index contributed by atoms with van der Waals surface area (Å²) in [6, 6.07) is 31.6. The molecule has 2 heterocycles. The zero-order valence-corrected chi connectivity index (χ0v) is 24.1. The number of rotatable bonds is 10. The molecule has 0 radical (unpaired) electrons. The molecule has 0 aliphatic carbocycles. The summed E-state index contributed by atoms with van der Waals surface area (Å²) in [5.74, 6) is 0.672. The van der Waals surface area contributed by atoms with Crippen LogP contribution in [0.4, 0.5) is 0 Å². The van der Waals surface area contributed by atoms with Crippen molar-refractivity contribution in [2.24, 2.45) is 0 Å². The lowest BCUT2D eigenvalue weighted by atomic mass is 9.96. The molecular weight excluding hydrogens is 547 g/mol. The third-order valence-electron chi connectivity index (χ3n) is 7.51. The molecule has 0 amide bonds. The van der Waals surface area contributed by atoms with Gasteiger partial charge in [0.15, 0.2) is 0 Å². The second-order valence-electron chi connectivity index (χ2n) is 10.0. The SMILES string of the molecule is COCn1c(C#N)cc2c(OCC(O)C[NH+]3CC[NH+](C(c4ccccc4)c4ccccc4)CC3)cccc21.[Cl-].[Cl-]. The van der Waals surface area contributed by atoms with Gasteiger partial charge in [-0.15, -0.1) is 0 Å². The van der Waals surface area contributed by atoms with Crippen molar-refractivity contribution in [3.8, 4) is 11.8 Å². The van der Waals surface area contributed by atoms with Gasteiger partial charge in [-0.25, -0.2) is 0 Å². The number of fused-ring (bicyclic) bond motifs is 1. The van der Waals surface area contributed by atoms with E-state index < -0.39 is 6.10 Å². The molecule has 4 aromatic rings. The third kappa shape index (κ3) is 7.15. The van der Waals surface area contributed by atoms with Gasteiger partial charge in [0.1, 0.15) is 75.7 Å². The monoisotopic (exact) mass is 582 g/mol. The number of aromatic nitrogens is 1. The smallest absolute Gasteiger partial charge is 0.139 e. The number of aliphatic hydroxyl groups is 1. The van der Waals surface area contributed by atoms with Crippen LogP contribution in [0.3, 0.4) is 0 Å². The van der Waals surface area contributed by atoms with E-state index in [2.05, 4.69) is 66.7 Å². The molecule has 5 rings (SSSR count). The molecule has 1 aliphatic rings. The maximum atomic E-state index is 10.8. The second-order valence-corrected chi connectivity index (χ2v) is 10.0. The van der Waals surface area contributed by atoms with Crippen LogP contribution in [-0.4, -0.2) is 62.2 Å². The molecule has 3 aromatic carbocycles. The first-order chi connectivity index (χ1) is 18.7. The summed E-state index contributed by atoms with van der Waals surface area (Å²) >= 11 is 0. The Balaban J connectivity index is 0.00000220. The van der Waals surface area contributed by atoms with Crippen LogP contribution in [0.5, 0.6) is 5.75 Å². The highest BCUT2D eigenvalue weighted by Gasteiger charge is 2.32. The van der Waals surface area contributed by atoms with Crippen LogP contribution in [0, 0.1) is 11.3 Å². The number of piperazine rings is 1. The number of quaternary nitrogens is 2. The average molecular weight is 584 g/mol. The Hall–Kier alpha value is -3.09. The second kappa shape index (κ2) is 15.1. The predicted molar refractivity (Wildman–Crippen MR) is 146 cm³/mol. The van der Waals surface area contributed by atoms with Crippen molar-refractivity contribution in [1.29, 1.82) is 5.26 Å². The molecule has 3 N–H and O–H groups in total. The minimum Gasteiger partial charge on any atom is -1.00 e. The number of hydrogen-bond acceptors (Lipinski definition) is 4. The number of nitrogens with zero attached hydrogens (tertiary/aromatic N) is 2. The molecule has 1 fully saturated rings. The van der Waals surface area contributed by atoms with Crippen molar-refractivity contribution in [3.05, 3.63) is 102 Å². The van der Waals surface area contributed by atoms with Crippen LogP contribution in [0.1, 0.15) is 22.9 Å². The molecule has 7 nitrogen and oxygen atoms in total. The summed E-state index contributed by atoms with van der Waals surface area (Å²) in [6.07, 6.45) is -0.572. The fraction of sp³-hybridized carbons (Fsp3) is 0.323. The van der Waals surface area contributed by atoms with E-state index in [0.717, 1.165) is 37.1 Å². The fourth-order valence-corrected chi connectivity index (χ4v) is 5.69. The van der Waals surface area contributed by atoms with Crippen LogP contribution in [0.25, 0.3) is 10.9 Å². The van der Waals surface area contributed by atoms with Crippen LogP contribution in [-0.2, 0) is 11.5 Å². The van der Waals surface area contributed by atoms with Gasteiger partial charge in [-0.05, 0) is 18.2 Å². The third-order valence-corrected chi connectivity index (χ3v) is 7.51. The van der Waals surface area contributed by atoms with Crippen LogP contribution < -0.4 is 39.4 Å². The lowest BCUT2D eigenvalue weighted by Crippen LogP contribution is -3.28. The predicted octanol–water partition coefficient (Wildman–Crippen LogP) is -4.56. The number of benzene rings is 3. The Bertz CT molecular complexity index is 1330. The average Bonchev–Trinajstić information content (AvgIpc) is 3.32. The van der Waals surface area contributed by atoms with Gasteiger partial charge in [0.2, 0.25) is 0 Å². The van der Waals surface area contributed by atoms with E-state index in [1.807, 2.05) is 28.8 Å². The number of aliphatic hydroxyl groups excluding tert-OH is 1. The minimum absolute atomic E-state index is 0. The number of hydrogen-bond donors (Lipinski definition) is 3. The van der Waals surface area contributed by atoms with Crippen LogP contribution in [0.2, 0.25) is 0 Å². The number of halogens is 2. The van der Waals surface area contributed by atoms with E-state index in [9.17, 15) is 10.4 Å². The largest absolute Gasteiger partial charge is 1.00 e. The van der Waals surface area contributed by atoms with E-state index in [-0.39, 0.29) is 31.4 Å². The van der Waals surface area contributed by atoms with Gasteiger partial charge in [-0.2, -0.15) is 5.26 Å². The zero-order valence-electron chi connectivity index (χ0n) is 22.6. The van der Waals surface area contributed by atoms with Gasteiger partial charge >= 0.3 is 0 Å². The summed E-state index contributed by atoms with van der Waals surface area (Å²) < 4.78 is 13.1. The Kier molecular flexibility index (Phi) is 11.8. The Morgan fingerprint density at radius 3 is 2.10 bits per heavy atom. The van der Waals surface area contributed by atoms with Gasteiger partial charge in [-0.1, -0.05) is 66.7 Å². The molecule has 212 valence electrons. The topological polar surface area (TPSA) is 76.3 Å². The Labute approximate surface area is 248 Å². The highest BCUT2D eigenvalue weighted by atomic mass is 35.5. The number of nitrogens with one attached hydrogen (secondary N) is 2. The van der Waals surface area contributed by atoms with Gasteiger partial charge in [-0.3, -0.25) is 0 Å². The Morgan fingerprint density at radius 2 is 1.52 bits per heavy atom. The minimum atomic E-state index is -0.572. The number of ether oxygens (including phenoxy) is 2. The fourth-order valence-electron chi connectivity index (χ4n) is 5.69. The van der Waals surface area contributed by atoms with Crippen molar-refractivity contribution < 1.29 is 49.2 Å². The highest BCUT2D eigenvalue weighted by Crippen LogP contribution is 2.29. The first-order valence-corrected chi connectivity index (χ1v) is 13.3. The molecular formula is C31H36Cl2N4O3. The lowest BCUT2D eigenvalue weighted by molar-refractivity contribution is -1.02. The van der Waals surface area contributed by atoms with Crippen molar-refractivity contribution in [2.45, 2.75) is 18.9 Å². The quantitative estimate of drug-likeness (QED) is 0.176. The highest BCUT2D eigenvalue weighted by molar-refractivity contribution is 5.88. The molecule has 1 aliphatic heterocycles. The van der Waals surface area contributed by atoms with Crippen LogP contribution >= 0.6 is 0 Å². The first-order valence-electron chi connectivity index (χ1n) is 13.3. The van der Waals surface area contributed by atoms with E-state index in [4.69, 9.17) is 9.47 Å². The van der Waals surface area contributed by atoms with E-state index in [1.165, 1.54) is 16.0 Å². The molecule has 1 unspecified atom stereocenters. The molecule has 40 heavy (non-hydrogen) atoms. The van der Waals surface area contributed by atoms with Gasteiger partial charge < -0.3 is 53.8 Å². The van der Waals surface area contributed by atoms with E-state index >= 15 is 0 Å². The molecule has 0 spiro atoms. The summed E-state index contributed by atoms with van der Waals surface area (Å²) in [4.78, 5) is 2.97. The maximum Gasteiger partial charge on any atom is 0.139 e. The van der Waals surface area contributed by atoms with Gasteiger partial charge in [0.25, 0.3) is 0 Å². The summed E-state index contributed by atoms with van der Waals surface area (Å²) in [5.41, 5.74) is 4.09. The van der Waals surface area contributed by atoms with Gasteiger partial charge in [0.05, 0.1) is 5.52 Å². The van der Waals surface area contributed by atoms with Crippen molar-refractivity contribution in [3.63, 3.8) is 0 Å². The summed E-state index contributed by atoms with van der Waals surface area (Å²) in [6.45, 7) is 5.26. The van der Waals surface area contributed by atoms with Gasteiger partial charge in [0, 0.05) is 23.6 Å². The first kappa shape index (κ1) is 31.4.